The fourth-order valence-electron chi connectivity index (χ4n) is 3.91. The minimum absolute atomic E-state index is 0.00433. The Morgan fingerprint density at radius 3 is 2.31 bits per heavy atom. The monoisotopic (exact) mass is 391 g/mol. The first-order valence-corrected chi connectivity index (χ1v) is 10.9. The number of hydrogen-bond donors (Lipinski definition) is 0. The van der Waals surface area contributed by atoms with Gasteiger partial charge in [-0.3, -0.25) is 9.36 Å². The van der Waals surface area contributed by atoms with Crippen LogP contribution in [0, 0.1) is 0 Å². The maximum atomic E-state index is 13.3. The Hall–Kier alpha value is -2.76. The molecule has 0 unspecified atom stereocenters. The summed E-state index contributed by atoms with van der Waals surface area (Å²) in [6, 6.07) is 7.82. The summed E-state index contributed by atoms with van der Waals surface area (Å²) in [6.07, 6.45) is 9.60. The fraction of sp³-hybridized carbons (Fsp3) is 0.478. The van der Waals surface area contributed by atoms with Crippen molar-refractivity contribution in [3.8, 4) is 0 Å². The van der Waals surface area contributed by atoms with Crippen LogP contribution in [0.25, 0.3) is 33.2 Å². The summed E-state index contributed by atoms with van der Waals surface area (Å²) in [5.74, 6) is 0. The molecule has 6 heteroatoms. The van der Waals surface area contributed by atoms with Crippen LogP contribution in [0.3, 0.4) is 0 Å². The Kier molecular flexibility index (Phi) is 5.88. The molecule has 6 nitrogen and oxygen atoms in total. The Balaban J connectivity index is 1.83. The van der Waals surface area contributed by atoms with Gasteiger partial charge < -0.3 is 4.57 Å². The summed E-state index contributed by atoms with van der Waals surface area (Å²) in [5.41, 5.74) is 3.79. The molecule has 1 aromatic carbocycles. The highest BCUT2D eigenvalue weighted by molar-refractivity contribution is 6.04. The molecule has 0 aliphatic carbocycles. The van der Waals surface area contributed by atoms with Gasteiger partial charge in [0, 0.05) is 13.1 Å². The van der Waals surface area contributed by atoms with Gasteiger partial charge in [0.25, 0.3) is 5.56 Å². The third-order valence-corrected chi connectivity index (χ3v) is 5.56. The third kappa shape index (κ3) is 3.76. The summed E-state index contributed by atoms with van der Waals surface area (Å²) >= 11 is 0. The van der Waals surface area contributed by atoms with Crippen LogP contribution >= 0.6 is 0 Å². The van der Waals surface area contributed by atoms with Crippen molar-refractivity contribution in [2.45, 2.75) is 71.9 Å². The molecule has 29 heavy (non-hydrogen) atoms. The number of rotatable bonds is 9. The number of hydrogen-bond acceptors (Lipinski definition) is 4. The highest BCUT2D eigenvalue weighted by atomic mass is 16.1. The molecule has 0 N–H and O–H groups in total. The van der Waals surface area contributed by atoms with E-state index in [1.54, 1.807) is 10.9 Å². The number of nitrogens with zero attached hydrogens (tertiary/aromatic N) is 5. The van der Waals surface area contributed by atoms with Crippen molar-refractivity contribution < 1.29 is 0 Å². The lowest BCUT2D eigenvalue weighted by Gasteiger charge is -2.07. The van der Waals surface area contributed by atoms with E-state index in [2.05, 4.69) is 23.4 Å². The lowest BCUT2D eigenvalue weighted by molar-refractivity contribution is 0.555. The third-order valence-electron chi connectivity index (χ3n) is 5.56. The smallest absolute Gasteiger partial charge is 0.265 e. The zero-order chi connectivity index (χ0) is 20.2. The standard InChI is InChI=1S/C23H29N5O/c1-3-5-7-8-11-14-27-16-24-21-19(23(27)29)20-22(28(21)15-6-4-2)26-18-13-10-9-12-17(18)25-20/h9-10,12-13,16H,3-8,11,14-15H2,1-2H3. The largest absolute Gasteiger partial charge is 0.308 e. The summed E-state index contributed by atoms with van der Waals surface area (Å²) in [7, 11) is 0. The molecular formula is C23H29N5O. The molecule has 0 aliphatic rings. The van der Waals surface area contributed by atoms with E-state index in [-0.39, 0.29) is 5.56 Å². The number of benzene rings is 1. The Bertz CT molecular complexity index is 1190. The number of para-hydroxylation sites is 2. The van der Waals surface area contributed by atoms with Crippen LogP contribution in [0.4, 0.5) is 0 Å². The van der Waals surface area contributed by atoms with Crippen molar-refractivity contribution in [3.63, 3.8) is 0 Å². The second-order valence-electron chi connectivity index (χ2n) is 7.75. The van der Waals surface area contributed by atoms with Crippen molar-refractivity contribution in [3.05, 3.63) is 40.9 Å². The first-order chi connectivity index (χ1) is 14.2. The zero-order valence-electron chi connectivity index (χ0n) is 17.4. The van der Waals surface area contributed by atoms with E-state index in [4.69, 9.17) is 9.97 Å². The van der Waals surface area contributed by atoms with Gasteiger partial charge in [0.05, 0.1) is 17.4 Å². The highest BCUT2D eigenvalue weighted by Crippen LogP contribution is 2.25. The summed E-state index contributed by atoms with van der Waals surface area (Å²) in [6.45, 7) is 5.86. The molecule has 0 atom stereocenters. The lowest BCUT2D eigenvalue weighted by atomic mass is 10.1. The van der Waals surface area contributed by atoms with Gasteiger partial charge in [-0.1, -0.05) is 58.1 Å². The molecule has 0 fully saturated rings. The van der Waals surface area contributed by atoms with Gasteiger partial charge in [-0.15, -0.1) is 0 Å². The van der Waals surface area contributed by atoms with Crippen LogP contribution in [0.5, 0.6) is 0 Å². The molecule has 152 valence electrons. The molecule has 4 rings (SSSR count). The predicted molar refractivity (Wildman–Crippen MR) is 118 cm³/mol. The Morgan fingerprint density at radius 1 is 0.828 bits per heavy atom. The molecule has 3 heterocycles. The van der Waals surface area contributed by atoms with Gasteiger partial charge in [-0.2, -0.15) is 0 Å². The van der Waals surface area contributed by atoms with Crippen LogP contribution in [-0.4, -0.2) is 24.1 Å². The minimum Gasteiger partial charge on any atom is -0.308 e. The molecule has 0 aliphatic heterocycles. The van der Waals surface area contributed by atoms with E-state index >= 15 is 0 Å². The Labute approximate surface area is 170 Å². The topological polar surface area (TPSA) is 65.6 Å². The first kappa shape index (κ1) is 19.6. The van der Waals surface area contributed by atoms with Crippen molar-refractivity contribution in [2.24, 2.45) is 0 Å². The lowest BCUT2D eigenvalue weighted by Crippen LogP contribution is -2.21. The molecule has 3 aromatic heterocycles. The second kappa shape index (κ2) is 8.72. The quantitative estimate of drug-likeness (QED) is 0.374. The van der Waals surface area contributed by atoms with E-state index in [0.717, 1.165) is 48.9 Å². The normalized spacial score (nSPS) is 11.8. The van der Waals surface area contributed by atoms with Crippen LogP contribution < -0.4 is 5.56 Å². The molecule has 4 aromatic rings. The number of fused-ring (bicyclic) bond motifs is 4. The number of aryl methyl sites for hydroxylation is 2. The zero-order valence-corrected chi connectivity index (χ0v) is 17.4. The van der Waals surface area contributed by atoms with Gasteiger partial charge >= 0.3 is 0 Å². The number of aromatic nitrogens is 5. The predicted octanol–water partition coefficient (Wildman–Crippen LogP) is 5.06. The van der Waals surface area contributed by atoms with Crippen molar-refractivity contribution >= 4 is 33.2 Å². The van der Waals surface area contributed by atoms with Gasteiger partial charge in [0.2, 0.25) is 0 Å². The van der Waals surface area contributed by atoms with Crippen LogP contribution in [-0.2, 0) is 13.1 Å². The van der Waals surface area contributed by atoms with Crippen LogP contribution in [0.2, 0.25) is 0 Å². The van der Waals surface area contributed by atoms with Crippen molar-refractivity contribution in [1.82, 2.24) is 24.1 Å². The molecule has 0 saturated heterocycles. The van der Waals surface area contributed by atoms with E-state index in [9.17, 15) is 4.79 Å². The van der Waals surface area contributed by atoms with Gasteiger partial charge in [-0.05, 0) is 25.0 Å². The van der Waals surface area contributed by atoms with Gasteiger partial charge in [0.15, 0.2) is 11.3 Å². The highest BCUT2D eigenvalue weighted by Gasteiger charge is 2.19. The fourth-order valence-corrected chi connectivity index (χ4v) is 3.91. The van der Waals surface area contributed by atoms with E-state index in [0.29, 0.717) is 23.1 Å². The average Bonchev–Trinajstić information content (AvgIpc) is 3.05. The maximum Gasteiger partial charge on any atom is 0.265 e. The van der Waals surface area contributed by atoms with E-state index in [1.807, 2.05) is 24.3 Å². The number of unbranched alkanes of at least 4 members (excludes halogenated alkanes) is 5. The second-order valence-corrected chi connectivity index (χ2v) is 7.75. The van der Waals surface area contributed by atoms with Gasteiger partial charge in [-0.25, -0.2) is 15.0 Å². The maximum absolute atomic E-state index is 13.3. The van der Waals surface area contributed by atoms with Crippen molar-refractivity contribution in [2.75, 3.05) is 0 Å². The summed E-state index contributed by atoms with van der Waals surface area (Å²) in [5, 5.41) is 0.602. The Morgan fingerprint density at radius 2 is 1.55 bits per heavy atom. The van der Waals surface area contributed by atoms with E-state index in [1.165, 1.54) is 19.3 Å². The summed E-state index contributed by atoms with van der Waals surface area (Å²) in [4.78, 5) is 27.7. The van der Waals surface area contributed by atoms with Gasteiger partial charge in [0.1, 0.15) is 10.9 Å². The SMILES string of the molecule is CCCCCCCn1cnc2c(c1=O)c1nc3ccccc3nc1n2CCCC. The first-order valence-electron chi connectivity index (χ1n) is 10.9. The van der Waals surface area contributed by atoms with Crippen molar-refractivity contribution in [1.29, 1.82) is 0 Å². The average molecular weight is 392 g/mol. The van der Waals surface area contributed by atoms with Crippen LogP contribution in [0.15, 0.2) is 35.4 Å². The molecular weight excluding hydrogens is 362 g/mol. The minimum atomic E-state index is -0.00433. The molecule has 0 amide bonds. The summed E-state index contributed by atoms with van der Waals surface area (Å²) < 4.78 is 3.81. The molecule has 0 spiro atoms. The molecule has 0 radical (unpaired) electrons. The molecule has 0 bridgehead atoms. The molecule has 0 saturated carbocycles. The van der Waals surface area contributed by atoms with E-state index < -0.39 is 0 Å². The van der Waals surface area contributed by atoms with Crippen LogP contribution in [0.1, 0.15) is 58.8 Å².